The summed E-state index contributed by atoms with van der Waals surface area (Å²) < 4.78 is 2.24. The Hall–Kier alpha value is -5.86. The van der Waals surface area contributed by atoms with Gasteiger partial charge in [-0.25, -0.2) is 0 Å². The number of hydrogen-bond acceptors (Lipinski definition) is 1. The molecular weight excluding hydrogens is 689 g/mol. The second kappa shape index (κ2) is 18.9. The van der Waals surface area contributed by atoms with Crippen LogP contribution in [0.1, 0.15) is 81.3 Å². The zero-order chi connectivity index (χ0) is 40.5. The lowest BCUT2D eigenvalue weighted by Gasteiger charge is -2.26. The highest BCUT2D eigenvalue weighted by molar-refractivity contribution is 5.79. The summed E-state index contributed by atoms with van der Waals surface area (Å²) >= 11 is 0. The van der Waals surface area contributed by atoms with Gasteiger partial charge in [0.05, 0.1) is 0 Å². The van der Waals surface area contributed by atoms with Crippen molar-refractivity contribution in [2.45, 2.75) is 74.1 Å². The average Bonchev–Trinajstić information content (AvgIpc) is 3.56. The van der Waals surface area contributed by atoms with Gasteiger partial charge >= 0.3 is 0 Å². The molecule has 2 nitrogen and oxygen atoms in total. The van der Waals surface area contributed by atoms with Gasteiger partial charge < -0.3 is 9.47 Å². The topological polar surface area (TPSA) is 8.17 Å². The first-order valence-corrected chi connectivity index (χ1v) is 20.6. The highest BCUT2D eigenvalue weighted by Gasteiger charge is 2.18. The maximum absolute atomic E-state index is 2.39. The molecule has 0 radical (unpaired) electrons. The van der Waals surface area contributed by atoms with Gasteiger partial charge in [-0.3, -0.25) is 0 Å². The van der Waals surface area contributed by atoms with Crippen LogP contribution in [0.4, 0.5) is 17.1 Å². The van der Waals surface area contributed by atoms with Gasteiger partial charge in [0, 0.05) is 41.4 Å². The number of anilines is 3. The molecule has 57 heavy (non-hydrogen) atoms. The molecule has 7 rings (SSSR count). The van der Waals surface area contributed by atoms with Gasteiger partial charge in [-0.1, -0.05) is 158 Å². The van der Waals surface area contributed by atoms with Gasteiger partial charge in [-0.05, 0) is 136 Å². The van der Waals surface area contributed by atoms with Crippen LogP contribution < -0.4 is 4.90 Å². The van der Waals surface area contributed by atoms with E-state index in [4.69, 9.17) is 0 Å². The highest BCUT2D eigenvalue weighted by atomic mass is 15.1. The van der Waals surface area contributed by atoms with Crippen molar-refractivity contribution in [1.82, 2.24) is 4.57 Å². The molecule has 2 unspecified atom stereocenters. The Morgan fingerprint density at radius 3 is 1.65 bits per heavy atom. The molecule has 0 bridgehead atoms. The normalized spacial score (nSPS) is 15.5. The van der Waals surface area contributed by atoms with Crippen molar-refractivity contribution >= 4 is 22.6 Å². The first-order valence-electron chi connectivity index (χ1n) is 20.6. The summed E-state index contributed by atoms with van der Waals surface area (Å²) in [5.41, 5.74) is 19.0. The summed E-state index contributed by atoms with van der Waals surface area (Å²) in [4.78, 5) is 2.33. The fraction of sp³-hybridized carbons (Fsp3) is 0.236. The van der Waals surface area contributed by atoms with Gasteiger partial charge in [0.1, 0.15) is 0 Å². The molecule has 0 amide bonds. The van der Waals surface area contributed by atoms with Crippen molar-refractivity contribution in [3.05, 3.63) is 203 Å². The number of allylic oxidation sites excluding steroid dienone is 8. The quantitative estimate of drug-likeness (QED) is 0.127. The van der Waals surface area contributed by atoms with Crippen molar-refractivity contribution in [2.24, 2.45) is 13.0 Å². The summed E-state index contributed by atoms with van der Waals surface area (Å²) in [5.74, 6) is 0.957. The number of benzene rings is 5. The zero-order valence-corrected chi connectivity index (χ0v) is 35.6. The SMILES string of the molecule is CC1=CC(c2ccc(-c3ccc(N(c4ccc(C)cc4)c4ccc(-c5ccc(C)n5C)cc4)cc3)cc2)C(C)C=C1.CCC/C(C)=C\C=C(/C)c1ccc(C)cc1. The monoisotopic (exact) mass is 748 g/mol. The molecule has 0 fully saturated rings. The van der Waals surface area contributed by atoms with Crippen LogP contribution in [0.25, 0.3) is 28.0 Å². The van der Waals surface area contributed by atoms with E-state index in [-0.39, 0.29) is 0 Å². The number of nitrogens with zero attached hydrogens (tertiary/aromatic N) is 2. The van der Waals surface area contributed by atoms with E-state index in [1.165, 1.54) is 79.9 Å². The molecular formula is C55H60N2. The smallest absolute Gasteiger partial charge is 0.0479 e. The summed E-state index contributed by atoms with van der Waals surface area (Å²) in [6, 6.07) is 48.8. The van der Waals surface area contributed by atoms with Crippen molar-refractivity contribution in [1.29, 1.82) is 0 Å². The maximum atomic E-state index is 2.39. The van der Waals surface area contributed by atoms with Gasteiger partial charge in [-0.15, -0.1) is 0 Å². The number of rotatable bonds is 10. The van der Waals surface area contributed by atoms with Crippen LogP contribution in [0.2, 0.25) is 0 Å². The molecule has 2 heteroatoms. The van der Waals surface area contributed by atoms with Crippen molar-refractivity contribution in [2.75, 3.05) is 4.90 Å². The Labute approximate surface area is 343 Å². The lowest BCUT2D eigenvalue weighted by Crippen LogP contribution is -2.10. The molecule has 0 N–H and O–H groups in total. The molecule has 0 saturated carbocycles. The molecule has 1 aliphatic rings. The van der Waals surface area contributed by atoms with Crippen LogP contribution in [0, 0.1) is 26.7 Å². The average molecular weight is 749 g/mol. The molecule has 1 aliphatic carbocycles. The zero-order valence-electron chi connectivity index (χ0n) is 35.6. The van der Waals surface area contributed by atoms with E-state index in [9.17, 15) is 0 Å². The van der Waals surface area contributed by atoms with Crippen LogP contribution in [0.3, 0.4) is 0 Å². The molecule has 1 heterocycles. The second-order valence-electron chi connectivity index (χ2n) is 15.9. The molecule has 5 aromatic carbocycles. The highest BCUT2D eigenvalue weighted by Crippen LogP contribution is 2.38. The fourth-order valence-electron chi connectivity index (χ4n) is 7.50. The predicted octanol–water partition coefficient (Wildman–Crippen LogP) is 15.8. The Bertz CT molecular complexity index is 2340. The minimum Gasteiger partial charge on any atom is -0.348 e. The molecule has 6 aromatic rings. The van der Waals surface area contributed by atoms with Gasteiger partial charge in [0.25, 0.3) is 0 Å². The van der Waals surface area contributed by atoms with E-state index in [0.29, 0.717) is 11.8 Å². The van der Waals surface area contributed by atoms with Gasteiger partial charge in [-0.2, -0.15) is 0 Å². The minimum absolute atomic E-state index is 0.441. The summed E-state index contributed by atoms with van der Waals surface area (Å²) in [6.45, 7) is 17.5. The molecule has 0 saturated heterocycles. The van der Waals surface area contributed by atoms with Crippen LogP contribution in [-0.4, -0.2) is 4.57 Å². The third-order valence-electron chi connectivity index (χ3n) is 11.3. The van der Waals surface area contributed by atoms with E-state index in [0.717, 1.165) is 17.1 Å². The molecule has 0 aliphatic heterocycles. The maximum Gasteiger partial charge on any atom is 0.0479 e. The predicted molar refractivity (Wildman–Crippen MR) is 249 cm³/mol. The number of hydrogen-bond donors (Lipinski definition) is 0. The molecule has 2 atom stereocenters. The lowest BCUT2D eigenvalue weighted by atomic mass is 9.82. The van der Waals surface area contributed by atoms with Crippen LogP contribution in [-0.2, 0) is 7.05 Å². The molecule has 0 spiro atoms. The largest absolute Gasteiger partial charge is 0.348 e. The summed E-state index contributed by atoms with van der Waals surface area (Å²) in [7, 11) is 2.12. The second-order valence-corrected chi connectivity index (χ2v) is 15.9. The van der Waals surface area contributed by atoms with E-state index < -0.39 is 0 Å². The van der Waals surface area contributed by atoms with Crippen molar-refractivity contribution in [3.63, 3.8) is 0 Å². The van der Waals surface area contributed by atoms with Crippen molar-refractivity contribution < 1.29 is 0 Å². The standard InChI is InChI=1S/C39H38N2.C16H22/c1-27-7-19-35(20-8-27)41(37-23-17-34(18-24-37)39-25-10-30(4)40(39)5)36-21-15-32(16-22-36)31-11-13-33(14-12-31)38-26-28(2)6-9-29(38)3;1-5-6-13(2)7-10-15(4)16-11-8-14(3)9-12-16/h6-26,29,38H,1-5H3;7-12H,5-6H2,1-4H3/b;13-7-,15-10+. The fourth-order valence-corrected chi connectivity index (χ4v) is 7.50. The number of aromatic nitrogens is 1. The Morgan fingerprint density at radius 2 is 1.12 bits per heavy atom. The van der Waals surface area contributed by atoms with E-state index >= 15 is 0 Å². The van der Waals surface area contributed by atoms with Crippen molar-refractivity contribution in [3.8, 4) is 22.4 Å². The van der Waals surface area contributed by atoms with E-state index in [2.05, 4.69) is 236 Å². The van der Waals surface area contributed by atoms with Gasteiger partial charge in [0.2, 0.25) is 0 Å². The Kier molecular flexibility index (Phi) is 13.5. The Morgan fingerprint density at radius 1 is 0.614 bits per heavy atom. The van der Waals surface area contributed by atoms with E-state index in [1.54, 1.807) is 0 Å². The van der Waals surface area contributed by atoms with E-state index in [1.807, 2.05) is 0 Å². The first kappa shape index (κ1) is 40.8. The number of aryl methyl sites for hydroxylation is 3. The molecule has 1 aromatic heterocycles. The lowest BCUT2D eigenvalue weighted by molar-refractivity contribution is 0.631. The third-order valence-corrected chi connectivity index (χ3v) is 11.3. The third kappa shape index (κ3) is 10.3. The molecule has 290 valence electrons. The van der Waals surface area contributed by atoms with Crippen LogP contribution in [0.5, 0.6) is 0 Å². The summed E-state index contributed by atoms with van der Waals surface area (Å²) in [5, 5.41) is 0. The van der Waals surface area contributed by atoms with Gasteiger partial charge in [0.15, 0.2) is 0 Å². The first-order chi connectivity index (χ1) is 27.5. The Balaban J connectivity index is 0.000000289. The minimum atomic E-state index is 0.441. The van der Waals surface area contributed by atoms with Crippen LogP contribution >= 0.6 is 0 Å². The summed E-state index contributed by atoms with van der Waals surface area (Å²) in [6.07, 6.45) is 13.8. The van der Waals surface area contributed by atoms with Crippen LogP contribution in [0.15, 0.2) is 175 Å².